The van der Waals surface area contributed by atoms with Crippen LogP contribution >= 0.6 is 0 Å². The van der Waals surface area contributed by atoms with Crippen LogP contribution in [0, 0.1) is 0 Å². The predicted octanol–water partition coefficient (Wildman–Crippen LogP) is 12.6. The number of allylic oxidation sites excluding steroid dienone is 4. The molecule has 1 N–H and O–H groups in total. The zero-order chi connectivity index (χ0) is 33.3. The van der Waals surface area contributed by atoms with Gasteiger partial charge in [-0.3, -0.25) is 9.37 Å². The lowest BCUT2D eigenvalue weighted by atomic mass is 10.1. The molecule has 1 atom stereocenters. The minimum Gasteiger partial charge on any atom is -0.272 e. The van der Waals surface area contributed by atoms with Gasteiger partial charge in [0.1, 0.15) is 6.54 Å². The average Bonchev–Trinajstić information content (AvgIpc) is 3.35. The highest BCUT2D eigenvalue weighted by atomic mass is 16.2. The van der Waals surface area contributed by atoms with E-state index in [-0.39, 0.29) is 5.91 Å². The Morgan fingerprint density at radius 1 is 0.609 bits per heavy atom. The van der Waals surface area contributed by atoms with Gasteiger partial charge in [0.25, 0.3) is 11.7 Å². The van der Waals surface area contributed by atoms with Crippen LogP contribution < -0.4 is 5.43 Å². The highest BCUT2D eigenvalue weighted by Crippen LogP contribution is 2.17. The summed E-state index contributed by atoms with van der Waals surface area (Å²) in [5.74, 6) is 1.52. The van der Waals surface area contributed by atoms with E-state index >= 15 is 0 Å². The summed E-state index contributed by atoms with van der Waals surface area (Å²) in [5, 5.41) is 2.23. The molecule has 1 rings (SSSR count). The van der Waals surface area contributed by atoms with Gasteiger partial charge in [0.05, 0.1) is 13.5 Å². The molecule has 0 spiro atoms. The lowest BCUT2D eigenvalue weighted by molar-refractivity contribution is -0.491. The van der Waals surface area contributed by atoms with Crippen LogP contribution in [0.15, 0.2) is 24.3 Å². The third kappa shape index (κ3) is 23.7. The minimum atomic E-state index is 0.199. The van der Waals surface area contributed by atoms with Gasteiger partial charge in [-0.25, -0.2) is 0 Å². The summed E-state index contributed by atoms with van der Waals surface area (Å²) in [6, 6.07) is 0.396. The molecule has 0 aromatic carbocycles. The molecule has 0 fully saturated rings. The fraction of sp³-hybridized carbons (Fsp3) is 0.857. The molecule has 1 unspecified atom stereocenters. The van der Waals surface area contributed by atoms with Crippen molar-refractivity contribution in [3.63, 3.8) is 0 Å². The lowest BCUT2D eigenvalue weighted by Gasteiger charge is -2.19. The molecule has 0 aromatic rings. The van der Waals surface area contributed by atoms with Crippen molar-refractivity contribution < 1.29 is 9.37 Å². The maximum absolute atomic E-state index is 12.9. The molecular weight excluding hydrogens is 562 g/mol. The molecule has 4 heteroatoms. The fourth-order valence-electron chi connectivity index (χ4n) is 6.75. The van der Waals surface area contributed by atoms with Crippen molar-refractivity contribution in [1.82, 2.24) is 10.4 Å². The molecule has 0 radical (unpaired) electrons. The summed E-state index contributed by atoms with van der Waals surface area (Å²) in [7, 11) is 2.20. The van der Waals surface area contributed by atoms with E-state index in [2.05, 4.69) is 67.1 Å². The van der Waals surface area contributed by atoms with Gasteiger partial charge < -0.3 is 0 Å². The molecule has 0 saturated carbocycles. The topological polar surface area (TPSA) is 35.4 Å². The van der Waals surface area contributed by atoms with Gasteiger partial charge in [-0.1, -0.05) is 154 Å². The number of rotatable bonds is 33. The van der Waals surface area contributed by atoms with Gasteiger partial charge in [-0.05, 0) is 70.6 Å². The molecule has 1 amide bonds. The molecule has 0 saturated heterocycles. The highest BCUT2D eigenvalue weighted by Gasteiger charge is 2.38. The zero-order valence-electron chi connectivity index (χ0n) is 31.6. The molecule has 46 heavy (non-hydrogen) atoms. The first-order valence-electron chi connectivity index (χ1n) is 20.6. The molecule has 1 aliphatic rings. The predicted molar refractivity (Wildman–Crippen MR) is 204 cm³/mol. The highest BCUT2D eigenvalue weighted by molar-refractivity contribution is 5.83. The van der Waals surface area contributed by atoms with Crippen LogP contribution in [-0.2, 0) is 4.79 Å². The number of nitrogens with zero attached hydrogens (tertiary/aromatic N) is 2. The Hall–Kier alpha value is -1.58. The van der Waals surface area contributed by atoms with Crippen LogP contribution in [-0.4, -0.2) is 41.0 Å². The Morgan fingerprint density at radius 3 is 1.43 bits per heavy atom. The molecule has 268 valence electrons. The van der Waals surface area contributed by atoms with E-state index in [1.807, 2.05) is 0 Å². The number of likely N-dealkylation sites (N-methyl/N-ethyl adjacent to an activating group) is 1. The van der Waals surface area contributed by atoms with E-state index in [0.717, 1.165) is 32.2 Å². The first-order valence-corrected chi connectivity index (χ1v) is 20.6. The van der Waals surface area contributed by atoms with E-state index in [0.29, 0.717) is 12.5 Å². The standard InChI is InChI=1S/C42H79N3O/c1-5-8-10-12-14-16-18-20-22-24-26-28-30-32-34-36-38-42-44(4)39-40(7-3)45(42)43-41(46)37-35-33-31-29-27-25-23-21-19-17-15-13-11-9-6-2/h20-23,40H,5-19,24-39H2,1-4H3/p+1. The SMILES string of the molecule is CCCCCCCCC=CCCCCCCCCC1=[N+](C)CC(CC)N1NC(=O)CCCCCCCC=CCCCCCCCC. The Labute approximate surface area is 288 Å². The van der Waals surface area contributed by atoms with Gasteiger partial charge in [-0.2, -0.15) is 10.4 Å². The third-order valence-electron chi connectivity index (χ3n) is 9.86. The minimum absolute atomic E-state index is 0.199. The number of hydrogen-bond acceptors (Lipinski definition) is 2. The van der Waals surface area contributed by atoms with Crippen molar-refractivity contribution in [2.75, 3.05) is 13.6 Å². The van der Waals surface area contributed by atoms with Gasteiger partial charge >= 0.3 is 0 Å². The van der Waals surface area contributed by atoms with Crippen molar-refractivity contribution in [1.29, 1.82) is 0 Å². The van der Waals surface area contributed by atoms with Crippen molar-refractivity contribution >= 4 is 11.7 Å². The molecule has 1 aliphatic heterocycles. The monoisotopic (exact) mass is 643 g/mol. The fourth-order valence-corrected chi connectivity index (χ4v) is 6.75. The molecule has 1 heterocycles. The normalized spacial score (nSPS) is 15.3. The summed E-state index contributed by atoms with van der Waals surface area (Å²) in [4.78, 5) is 12.9. The lowest BCUT2D eigenvalue weighted by Crippen LogP contribution is -2.49. The van der Waals surface area contributed by atoms with Crippen LogP contribution in [0.3, 0.4) is 0 Å². The second kappa shape index (κ2) is 32.0. The van der Waals surface area contributed by atoms with Gasteiger partial charge in [-0.15, -0.1) is 0 Å². The van der Waals surface area contributed by atoms with E-state index in [1.54, 1.807) is 0 Å². The van der Waals surface area contributed by atoms with Crippen molar-refractivity contribution in [2.45, 2.75) is 219 Å². The number of carbonyl (C=O) groups is 1. The maximum Gasteiger partial charge on any atom is 0.270 e. The number of nitrogens with one attached hydrogen (secondary N) is 1. The zero-order valence-corrected chi connectivity index (χ0v) is 31.6. The van der Waals surface area contributed by atoms with Crippen LogP contribution in [0.1, 0.15) is 213 Å². The first kappa shape index (κ1) is 42.4. The smallest absolute Gasteiger partial charge is 0.270 e. The summed E-state index contributed by atoms with van der Waals surface area (Å²) in [6.45, 7) is 7.83. The van der Waals surface area contributed by atoms with Crippen molar-refractivity contribution in [3.8, 4) is 0 Å². The second-order valence-corrected chi connectivity index (χ2v) is 14.3. The average molecular weight is 643 g/mol. The third-order valence-corrected chi connectivity index (χ3v) is 9.86. The van der Waals surface area contributed by atoms with E-state index in [4.69, 9.17) is 0 Å². The van der Waals surface area contributed by atoms with Crippen LogP contribution in [0.4, 0.5) is 0 Å². The van der Waals surface area contributed by atoms with E-state index in [1.165, 1.54) is 166 Å². The van der Waals surface area contributed by atoms with Gasteiger partial charge in [0.2, 0.25) is 0 Å². The van der Waals surface area contributed by atoms with Crippen molar-refractivity contribution in [2.24, 2.45) is 0 Å². The quantitative estimate of drug-likeness (QED) is 0.0439. The van der Waals surface area contributed by atoms with Crippen molar-refractivity contribution in [3.05, 3.63) is 24.3 Å². The Balaban J connectivity index is 2.08. The van der Waals surface area contributed by atoms with E-state index < -0.39 is 0 Å². The van der Waals surface area contributed by atoms with Crippen LogP contribution in [0.5, 0.6) is 0 Å². The Kier molecular flexibility index (Phi) is 29.5. The summed E-state index contributed by atoms with van der Waals surface area (Å²) in [5.41, 5.74) is 3.31. The van der Waals surface area contributed by atoms with Crippen LogP contribution in [0.2, 0.25) is 0 Å². The summed E-state index contributed by atoms with van der Waals surface area (Å²) >= 11 is 0. The largest absolute Gasteiger partial charge is 0.272 e. The molecular formula is C42H80N3O+. The number of hydrazine groups is 1. The summed E-state index contributed by atoms with van der Waals surface area (Å²) < 4.78 is 2.38. The molecule has 0 aromatic heterocycles. The molecule has 0 bridgehead atoms. The Bertz CT molecular complexity index is 786. The maximum atomic E-state index is 12.9. The van der Waals surface area contributed by atoms with E-state index in [9.17, 15) is 4.79 Å². The summed E-state index contributed by atoms with van der Waals surface area (Å²) in [6.07, 6.45) is 47.9. The number of hydrogen-bond donors (Lipinski definition) is 1. The van der Waals surface area contributed by atoms with Gasteiger partial charge in [0.15, 0.2) is 6.04 Å². The first-order chi connectivity index (χ1) is 22.6. The molecule has 0 aliphatic carbocycles. The second-order valence-electron chi connectivity index (χ2n) is 14.3. The Morgan fingerprint density at radius 2 is 1.00 bits per heavy atom. The number of amides is 1. The van der Waals surface area contributed by atoms with Gasteiger partial charge in [0, 0.05) is 6.42 Å². The number of amidine groups is 1. The van der Waals surface area contributed by atoms with Crippen LogP contribution in [0.25, 0.3) is 0 Å². The number of unbranched alkanes of at least 4 members (excludes halogenated alkanes) is 23. The number of carbonyl (C=O) groups excluding carboxylic acids is 1. The molecule has 4 nitrogen and oxygen atoms in total.